The number of hydrogen-bond donors (Lipinski definition) is 0. The maximum Gasteiger partial charge on any atom is 0.132 e. The maximum absolute atomic E-state index is 6.25. The maximum atomic E-state index is 6.25. The van der Waals surface area contributed by atoms with Crippen LogP contribution in [-0.4, -0.2) is 29.1 Å². The molecular weight excluding hydrogens is 312 g/mol. The zero-order valence-corrected chi connectivity index (χ0v) is 13.8. The normalized spacial score (nSPS) is 18.9. The Balaban J connectivity index is 1.57. The van der Waals surface area contributed by atoms with E-state index in [1.165, 1.54) is 5.56 Å². The number of aromatic nitrogens is 1. The van der Waals surface area contributed by atoms with Crippen molar-refractivity contribution < 1.29 is 9.47 Å². The molecule has 1 aromatic heterocycles. The summed E-state index contributed by atoms with van der Waals surface area (Å²) in [6.07, 6.45) is 4.04. The van der Waals surface area contributed by atoms with Gasteiger partial charge in [0.1, 0.15) is 22.3 Å². The van der Waals surface area contributed by atoms with Crippen LogP contribution in [0.2, 0.25) is 5.15 Å². The molecule has 4 rings (SSSR count). The highest BCUT2D eigenvalue weighted by Gasteiger charge is 2.48. The van der Waals surface area contributed by atoms with E-state index in [0.717, 1.165) is 49.5 Å². The summed E-state index contributed by atoms with van der Waals surface area (Å²) in [6.45, 7) is 2.65. The Kier molecular flexibility index (Phi) is 3.66. The topological polar surface area (TPSA) is 34.6 Å². The lowest BCUT2D eigenvalue weighted by Crippen LogP contribution is -2.34. The van der Waals surface area contributed by atoms with Gasteiger partial charge in [-0.05, 0) is 30.5 Å². The van der Waals surface area contributed by atoms with Crippen molar-refractivity contribution in [2.45, 2.75) is 31.5 Å². The van der Waals surface area contributed by atoms with E-state index >= 15 is 0 Å². The Morgan fingerprint density at radius 3 is 2.78 bits per heavy atom. The number of fused-ring (bicyclic) bond motifs is 1. The summed E-state index contributed by atoms with van der Waals surface area (Å²) in [5, 5.41) is 0.489. The standard InChI is InChI=1S/C18H19ClN2O2/c1-22-15-4-2-13(3-5-15)10-21-11-14-9-20-17(19)8-16(14)23-18(12-21)6-7-18/h2-5,8-9H,6-7,10-12H2,1H3. The van der Waals surface area contributed by atoms with Crippen molar-refractivity contribution in [1.29, 1.82) is 0 Å². The van der Waals surface area contributed by atoms with Crippen molar-refractivity contribution >= 4 is 11.6 Å². The second-order valence-electron chi connectivity index (χ2n) is 6.39. The molecule has 0 amide bonds. The van der Waals surface area contributed by atoms with E-state index in [2.05, 4.69) is 22.0 Å². The molecule has 0 unspecified atom stereocenters. The number of pyridine rings is 1. The number of benzene rings is 1. The lowest BCUT2D eigenvalue weighted by Gasteiger charge is -2.23. The van der Waals surface area contributed by atoms with Crippen molar-refractivity contribution in [2.75, 3.05) is 13.7 Å². The molecule has 1 saturated carbocycles. The fourth-order valence-electron chi connectivity index (χ4n) is 3.13. The van der Waals surface area contributed by atoms with E-state index < -0.39 is 0 Å². The van der Waals surface area contributed by atoms with Crippen LogP contribution in [0.25, 0.3) is 0 Å². The van der Waals surface area contributed by atoms with Gasteiger partial charge in [-0.1, -0.05) is 23.7 Å². The molecule has 0 radical (unpaired) electrons. The highest BCUT2D eigenvalue weighted by molar-refractivity contribution is 6.29. The van der Waals surface area contributed by atoms with Crippen LogP contribution in [0.1, 0.15) is 24.0 Å². The van der Waals surface area contributed by atoms with Gasteiger partial charge in [-0.15, -0.1) is 0 Å². The van der Waals surface area contributed by atoms with Crippen molar-refractivity contribution in [1.82, 2.24) is 9.88 Å². The SMILES string of the molecule is COc1ccc(CN2Cc3cnc(Cl)cc3OC3(CC3)C2)cc1. The summed E-state index contributed by atoms with van der Waals surface area (Å²) >= 11 is 6.02. The predicted octanol–water partition coefficient (Wildman–Crippen LogP) is 3.67. The monoisotopic (exact) mass is 330 g/mol. The molecule has 1 aliphatic carbocycles. The molecule has 1 spiro atoms. The molecule has 23 heavy (non-hydrogen) atoms. The van der Waals surface area contributed by atoms with Crippen LogP contribution in [0.5, 0.6) is 11.5 Å². The van der Waals surface area contributed by atoms with Gasteiger partial charge in [0.25, 0.3) is 0 Å². The quantitative estimate of drug-likeness (QED) is 0.804. The minimum Gasteiger partial charge on any atom is -0.497 e. The van der Waals surface area contributed by atoms with Gasteiger partial charge in [-0.25, -0.2) is 4.98 Å². The predicted molar refractivity (Wildman–Crippen MR) is 88.9 cm³/mol. The van der Waals surface area contributed by atoms with E-state index in [4.69, 9.17) is 21.1 Å². The van der Waals surface area contributed by atoms with Gasteiger partial charge in [0.05, 0.1) is 7.11 Å². The van der Waals surface area contributed by atoms with Gasteiger partial charge in [0, 0.05) is 37.5 Å². The van der Waals surface area contributed by atoms with Crippen molar-refractivity contribution in [3.05, 3.63) is 52.8 Å². The van der Waals surface area contributed by atoms with Gasteiger partial charge in [0.15, 0.2) is 0 Å². The molecule has 120 valence electrons. The summed E-state index contributed by atoms with van der Waals surface area (Å²) in [5.41, 5.74) is 2.33. The zero-order valence-electron chi connectivity index (χ0n) is 13.1. The highest BCUT2D eigenvalue weighted by Crippen LogP contribution is 2.44. The molecule has 0 saturated heterocycles. The Hall–Kier alpha value is -1.78. The highest BCUT2D eigenvalue weighted by atomic mass is 35.5. The lowest BCUT2D eigenvalue weighted by molar-refractivity contribution is 0.123. The van der Waals surface area contributed by atoms with Crippen molar-refractivity contribution in [2.24, 2.45) is 0 Å². The molecule has 1 aromatic carbocycles. The molecule has 0 N–H and O–H groups in total. The zero-order chi connectivity index (χ0) is 15.9. The van der Waals surface area contributed by atoms with Gasteiger partial charge in [0.2, 0.25) is 0 Å². The first-order valence-electron chi connectivity index (χ1n) is 7.85. The Morgan fingerprint density at radius 1 is 1.30 bits per heavy atom. The molecule has 0 atom stereocenters. The average molecular weight is 331 g/mol. The fraction of sp³-hybridized carbons (Fsp3) is 0.389. The fourth-order valence-corrected chi connectivity index (χ4v) is 3.27. The van der Waals surface area contributed by atoms with Crippen LogP contribution in [-0.2, 0) is 13.1 Å². The summed E-state index contributed by atoms with van der Waals surface area (Å²) in [6, 6.07) is 10.1. The lowest BCUT2D eigenvalue weighted by atomic mass is 10.1. The number of ether oxygens (including phenoxy) is 2. The van der Waals surface area contributed by atoms with Crippen molar-refractivity contribution in [3.8, 4) is 11.5 Å². The second kappa shape index (κ2) is 5.69. The Morgan fingerprint density at radius 2 is 2.09 bits per heavy atom. The van der Waals surface area contributed by atoms with E-state index in [9.17, 15) is 0 Å². The first-order chi connectivity index (χ1) is 11.2. The first kappa shape index (κ1) is 14.8. The molecule has 4 nitrogen and oxygen atoms in total. The third kappa shape index (κ3) is 3.14. The molecule has 5 heteroatoms. The molecule has 2 aromatic rings. The Bertz CT molecular complexity index is 713. The Labute approximate surface area is 141 Å². The summed E-state index contributed by atoms with van der Waals surface area (Å²) < 4.78 is 11.5. The third-order valence-corrected chi connectivity index (χ3v) is 4.72. The van der Waals surface area contributed by atoms with Gasteiger partial charge in [-0.3, -0.25) is 4.90 Å². The van der Waals surface area contributed by atoms with Crippen LogP contribution in [0.15, 0.2) is 36.5 Å². The minimum atomic E-state index is -0.0393. The third-order valence-electron chi connectivity index (χ3n) is 4.52. The molecular formula is C18H19ClN2O2. The number of methoxy groups -OCH3 is 1. The summed E-state index contributed by atoms with van der Waals surface area (Å²) in [4.78, 5) is 6.64. The summed E-state index contributed by atoms with van der Waals surface area (Å²) in [7, 11) is 1.69. The van der Waals surface area contributed by atoms with Crippen LogP contribution < -0.4 is 9.47 Å². The van der Waals surface area contributed by atoms with E-state index in [1.807, 2.05) is 24.4 Å². The first-order valence-corrected chi connectivity index (χ1v) is 8.22. The molecule has 1 aliphatic heterocycles. The molecule has 1 fully saturated rings. The number of nitrogens with zero attached hydrogens (tertiary/aromatic N) is 2. The molecule has 0 bridgehead atoms. The number of halogens is 1. The van der Waals surface area contributed by atoms with E-state index in [-0.39, 0.29) is 5.60 Å². The van der Waals surface area contributed by atoms with E-state index in [1.54, 1.807) is 7.11 Å². The average Bonchev–Trinajstić information content (AvgIpc) is 3.32. The van der Waals surface area contributed by atoms with E-state index in [0.29, 0.717) is 5.15 Å². The van der Waals surface area contributed by atoms with Gasteiger partial charge >= 0.3 is 0 Å². The largest absolute Gasteiger partial charge is 0.497 e. The van der Waals surface area contributed by atoms with Crippen LogP contribution in [0, 0.1) is 0 Å². The molecule has 2 heterocycles. The van der Waals surface area contributed by atoms with Crippen molar-refractivity contribution in [3.63, 3.8) is 0 Å². The van der Waals surface area contributed by atoms with Crippen LogP contribution in [0.3, 0.4) is 0 Å². The number of rotatable bonds is 3. The second-order valence-corrected chi connectivity index (χ2v) is 6.78. The minimum absolute atomic E-state index is 0.0393. The van der Waals surface area contributed by atoms with Gasteiger partial charge < -0.3 is 9.47 Å². The molecule has 2 aliphatic rings. The smallest absolute Gasteiger partial charge is 0.132 e. The number of hydrogen-bond acceptors (Lipinski definition) is 4. The van der Waals surface area contributed by atoms with Gasteiger partial charge in [-0.2, -0.15) is 0 Å². The summed E-state index contributed by atoms with van der Waals surface area (Å²) in [5.74, 6) is 1.77. The van der Waals surface area contributed by atoms with Crippen LogP contribution >= 0.6 is 11.6 Å². The van der Waals surface area contributed by atoms with Crippen LogP contribution in [0.4, 0.5) is 0 Å².